The smallest absolute Gasteiger partial charge is 0.489 e. The van der Waals surface area contributed by atoms with Gasteiger partial charge in [0.05, 0.1) is 11.0 Å². The number of hydrogen-bond donors (Lipinski definition) is 3. The molecule has 3 aliphatic rings. The molecule has 3 heterocycles. The number of rotatable bonds is 0. The van der Waals surface area contributed by atoms with Crippen LogP contribution >= 0.6 is 0 Å². The number of halogens is 3. The molecule has 2 bridgehead atoms. The molecule has 0 unspecified atom stereocenters. The van der Waals surface area contributed by atoms with E-state index in [0.29, 0.717) is 37.6 Å². The van der Waals surface area contributed by atoms with Crippen molar-refractivity contribution in [2.45, 2.75) is 37.9 Å². The number of benzene rings is 1. The van der Waals surface area contributed by atoms with Crippen molar-refractivity contribution in [1.82, 2.24) is 15.5 Å². The van der Waals surface area contributed by atoms with E-state index >= 15 is 0 Å². The Morgan fingerprint density at radius 1 is 1.15 bits per heavy atom. The molecule has 34 heavy (non-hydrogen) atoms. The van der Waals surface area contributed by atoms with Crippen LogP contribution in [0.2, 0.25) is 0 Å². The first-order valence-corrected chi connectivity index (χ1v) is 11.1. The van der Waals surface area contributed by atoms with Gasteiger partial charge in [0.1, 0.15) is 12.4 Å². The van der Waals surface area contributed by atoms with E-state index in [0.717, 1.165) is 32.2 Å². The number of ether oxygens (including phenoxy) is 1. The van der Waals surface area contributed by atoms with Gasteiger partial charge < -0.3 is 25.4 Å². The van der Waals surface area contributed by atoms with Gasteiger partial charge in [-0.25, -0.2) is 4.79 Å². The minimum atomic E-state index is -5.08. The van der Waals surface area contributed by atoms with E-state index in [1.54, 1.807) is 6.07 Å². The molecule has 11 heteroatoms. The fourth-order valence-electron chi connectivity index (χ4n) is 4.15. The molecule has 3 N–H and O–H groups in total. The maximum Gasteiger partial charge on any atom is 0.490 e. The number of para-hydroxylation sites is 1. The summed E-state index contributed by atoms with van der Waals surface area (Å²) in [4.78, 5) is 37.0. The molecular weight excluding hydrogens is 455 g/mol. The minimum Gasteiger partial charge on any atom is -0.489 e. The van der Waals surface area contributed by atoms with Crippen LogP contribution in [0.25, 0.3) is 0 Å². The number of carboxylic acids is 1. The largest absolute Gasteiger partial charge is 0.490 e. The second-order valence-electron chi connectivity index (χ2n) is 8.59. The zero-order chi connectivity index (χ0) is 24.8. The molecule has 0 aromatic heterocycles. The van der Waals surface area contributed by atoms with Gasteiger partial charge in [0, 0.05) is 32.2 Å². The Hall–Kier alpha value is -3.08. The molecule has 4 rings (SSSR count). The van der Waals surface area contributed by atoms with Gasteiger partial charge in [-0.15, -0.1) is 0 Å². The fraction of sp³-hybridized carbons (Fsp3) is 0.522. The van der Waals surface area contributed by atoms with E-state index < -0.39 is 12.1 Å². The normalized spacial score (nSPS) is 23.5. The lowest BCUT2D eigenvalue weighted by Crippen LogP contribution is -2.62. The van der Waals surface area contributed by atoms with Gasteiger partial charge in [0.25, 0.3) is 5.91 Å². The first kappa shape index (κ1) is 25.5. The number of allylic oxidation sites excluding steroid dienone is 1. The summed E-state index contributed by atoms with van der Waals surface area (Å²) in [6.07, 6.45) is 2.51. The van der Waals surface area contributed by atoms with Gasteiger partial charge in [-0.1, -0.05) is 24.3 Å². The maximum absolute atomic E-state index is 13.3. The molecule has 186 valence electrons. The van der Waals surface area contributed by atoms with Crippen LogP contribution in [-0.4, -0.2) is 72.8 Å². The second kappa shape index (κ2) is 10.9. The number of carbonyl (C=O) groups excluding carboxylic acids is 2. The monoisotopic (exact) mass is 483 g/mol. The summed E-state index contributed by atoms with van der Waals surface area (Å²) in [5.74, 6) is -2.08. The quantitative estimate of drug-likeness (QED) is 0.489. The third-order valence-corrected chi connectivity index (χ3v) is 6.06. The molecule has 3 aliphatic heterocycles. The molecular formula is C23H28F3N3O5. The van der Waals surface area contributed by atoms with Crippen molar-refractivity contribution in [1.29, 1.82) is 0 Å². The summed E-state index contributed by atoms with van der Waals surface area (Å²) < 4.78 is 37.6. The van der Waals surface area contributed by atoms with Crippen LogP contribution in [0.3, 0.4) is 0 Å². The average molecular weight is 483 g/mol. The fourth-order valence-corrected chi connectivity index (χ4v) is 4.15. The third-order valence-electron chi connectivity index (χ3n) is 6.06. The van der Waals surface area contributed by atoms with Gasteiger partial charge in [-0.3, -0.25) is 9.59 Å². The van der Waals surface area contributed by atoms with Crippen molar-refractivity contribution in [2.75, 3.05) is 32.8 Å². The average Bonchev–Trinajstić information content (AvgIpc) is 2.99. The number of carboxylic acid groups (broad SMARTS) is 1. The molecule has 0 saturated carbocycles. The van der Waals surface area contributed by atoms with E-state index in [2.05, 4.69) is 10.6 Å². The first-order chi connectivity index (χ1) is 16.1. The highest BCUT2D eigenvalue weighted by Gasteiger charge is 2.46. The second-order valence-corrected chi connectivity index (χ2v) is 8.59. The van der Waals surface area contributed by atoms with Crippen LogP contribution in [-0.2, 0) is 9.59 Å². The van der Waals surface area contributed by atoms with Crippen LogP contribution in [0.5, 0.6) is 5.75 Å². The number of nitrogens with zero attached hydrogens (tertiary/aromatic N) is 1. The summed E-state index contributed by atoms with van der Waals surface area (Å²) in [6.45, 7) is 3.17. The Morgan fingerprint density at radius 2 is 1.85 bits per heavy atom. The zero-order valence-corrected chi connectivity index (χ0v) is 18.6. The number of aliphatic carboxylic acids is 1. The number of carbonyl (C=O) groups is 3. The van der Waals surface area contributed by atoms with Crippen molar-refractivity contribution < 1.29 is 37.4 Å². The van der Waals surface area contributed by atoms with E-state index in [4.69, 9.17) is 14.6 Å². The molecule has 0 aliphatic carbocycles. The van der Waals surface area contributed by atoms with Crippen molar-refractivity contribution in [3.8, 4) is 5.75 Å². The summed E-state index contributed by atoms with van der Waals surface area (Å²) in [7, 11) is 0. The summed E-state index contributed by atoms with van der Waals surface area (Å²) in [6, 6.07) is 7.31. The molecule has 8 nitrogen and oxygen atoms in total. The highest BCUT2D eigenvalue weighted by molar-refractivity contribution is 5.97. The lowest BCUT2D eigenvalue weighted by Gasteiger charge is -2.44. The Kier molecular flexibility index (Phi) is 8.19. The van der Waals surface area contributed by atoms with Gasteiger partial charge >= 0.3 is 12.1 Å². The van der Waals surface area contributed by atoms with Crippen molar-refractivity contribution >= 4 is 17.8 Å². The number of alkyl halides is 3. The SMILES string of the molecule is O=C(O)C(F)(F)F.O=C1N[C@H]2CCCCN(C2)C(=O)C2(C/C=C\COc3ccccc31)CNC2. The maximum atomic E-state index is 13.3. The van der Waals surface area contributed by atoms with Crippen molar-refractivity contribution in [2.24, 2.45) is 5.41 Å². The van der Waals surface area contributed by atoms with Gasteiger partial charge in [0.15, 0.2) is 0 Å². The lowest BCUT2D eigenvalue weighted by molar-refractivity contribution is -0.192. The predicted molar refractivity (Wildman–Crippen MR) is 116 cm³/mol. The number of hydrogen-bond acceptors (Lipinski definition) is 5. The molecule has 2 amide bonds. The first-order valence-electron chi connectivity index (χ1n) is 11.1. The molecule has 2 saturated heterocycles. The molecule has 1 aromatic carbocycles. The van der Waals surface area contributed by atoms with Crippen LogP contribution in [0.4, 0.5) is 13.2 Å². The Bertz CT molecular complexity index is 931. The van der Waals surface area contributed by atoms with Crippen LogP contribution in [0, 0.1) is 5.41 Å². The minimum absolute atomic E-state index is 0.0272. The number of amides is 2. The lowest BCUT2D eigenvalue weighted by atomic mass is 9.77. The van der Waals surface area contributed by atoms with Crippen molar-refractivity contribution in [3.63, 3.8) is 0 Å². The highest BCUT2D eigenvalue weighted by Crippen LogP contribution is 2.31. The van der Waals surface area contributed by atoms with Crippen LogP contribution in [0.1, 0.15) is 36.0 Å². The Morgan fingerprint density at radius 3 is 2.50 bits per heavy atom. The molecule has 0 radical (unpaired) electrons. The van der Waals surface area contributed by atoms with Crippen LogP contribution in [0.15, 0.2) is 36.4 Å². The molecule has 2 fully saturated rings. The van der Waals surface area contributed by atoms with Crippen LogP contribution < -0.4 is 15.4 Å². The molecule has 1 atom stereocenters. The zero-order valence-electron chi connectivity index (χ0n) is 18.6. The summed E-state index contributed by atoms with van der Waals surface area (Å²) in [5.41, 5.74) is 0.196. The van der Waals surface area contributed by atoms with E-state index in [9.17, 15) is 22.8 Å². The molecule has 1 spiro atoms. The van der Waals surface area contributed by atoms with Gasteiger partial charge in [-0.2, -0.15) is 13.2 Å². The van der Waals surface area contributed by atoms with E-state index in [-0.39, 0.29) is 23.3 Å². The van der Waals surface area contributed by atoms with E-state index in [1.165, 1.54) is 0 Å². The Labute approximate surface area is 195 Å². The number of nitrogens with one attached hydrogen (secondary N) is 2. The van der Waals surface area contributed by atoms with Crippen molar-refractivity contribution in [3.05, 3.63) is 42.0 Å². The van der Waals surface area contributed by atoms with Gasteiger partial charge in [-0.05, 0) is 37.8 Å². The Balaban J connectivity index is 0.000000406. The molecule has 1 aromatic rings. The topological polar surface area (TPSA) is 108 Å². The summed E-state index contributed by atoms with van der Waals surface area (Å²) >= 11 is 0. The third kappa shape index (κ3) is 6.28. The predicted octanol–water partition coefficient (Wildman–Crippen LogP) is 2.36. The van der Waals surface area contributed by atoms with Gasteiger partial charge in [0.2, 0.25) is 5.91 Å². The standard InChI is InChI=1S/C21H27N3O3.C2HF3O2/c25-19-17-8-1-2-9-18(17)27-12-6-4-10-21(14-22-15-21)20(26)24-11-5-3-7-16(13-24)23-19;3-2(4,5)1(6)7/h1-2,4,6,8-9,16,22H,3,5,7,10-15H2,(H,23,25);(H,6,7)/b6-4-;/t16-;/m0./s1. The number of fused-ring (bicyclic) bond motifs is 3. The summed E-state index contributed by atoms with van der Waals surface area (Å²) in [5, 5.41) is 13.5. The van der Waals surface area contributed by atoms with E-state index in [1.807, 2.05) is 35.3 Å². The highest BCUT2D eigenvalue weighted by atomic mass is 19.4.